The van der Waals surface area contributed by atoms with Gasteiger partial charge in [0.1, 0.15) is 0 Å². The molecule has 0 aliphatic heterocycles. The van der Waals surface area contributed by atoms with Gasteiger partial charge in [0.2, 0.25) is 0 Å². The number of carboxylic acid groups (broad SMARTS) is 1. The Morgan fingerprint density at radius 3 is 2.50 bits per heavy atom. The standard InChI is InChI=1S/C13H19NO4/c1-3-17-9(2)18-12(13(15)16)11(14)10-7-5-4-6-8-10/h4-9,11-12H,3,14H2,1-2H3,(H,15,16)/t9?,11-,12?/m1/s1. The summed E-state index contributed by atoms with van der Waals surface area (Å²) in [6.07, 6.45) is -1.74. The molecule has 0 amide bonds. The number of nitrogens with two attached hydrogens (primary N) is 1. The van der Waals surface area contributed by atoms with E-state index in [0.29, 0.717) is 12.2 Å². The zero-order chi connectivity index (χ0) is 13.5. The molecular formula is C13H19NO4. The third-order valence-electron chi connectivity index (χ3n) is 2.49. The average Bonchev–Trinajstić information content (AvgIpc) is 2.36. The maximum atomic E-state index is 11.2. The minimum atomic E-state index is -1.13. The molecule has 0 saturated carbocycles. The Morgan fingerprint density at radius 2 is 2.00 bits per heavy atom. The van der Waals surface area contributed by atoms with E-state index in [2.05, 4.69) is 0 Å². The van der Waals surface area contributed by atoms with Gasteiger partial charge in [0, 0.05) is 6.61 Å². The van der Waals surface area contributed by atoms with Crippen LogP contribution >= 0.6 is 0 Å². The van der Waals surface area contributed by atoms with Crippen LogP contribution in [0.25, 0.3) is 0 Å². The molecule has 0 fully saturated rings. The first-order chi connectivity index (χ1) is 8.56. The van der Waals surface area contributed by atoms with E-state index in [9.17, 15) is 4.79 Å². The van der Waals surface area contributed by atoms with Crippen LogP contribution < -0.4 is 5.73 Å². The summed E-state index contributed by atoms with van der Waals surface area (Å²) < 4.78 is 10.5. The second-order valence-corrected chi connectivity index (χ2v) is 3.85. The molecule has 1 rings (SSSR count). The first kappa shape index (κ1) is 14.6. The van der Waals surface area contributed by atoms with Crippen molar-refractivity contribution in [3.63, 3.8) is 0 Å². The van der Waals surface area contributed by atoms with Crippen molar-refractivity contribution in [1.82, 2.24) is 0 Å². The molecule has 5 heteroatoms. The molecule has 5 nitrogen and oxygen atoms in total. The van der Waals surface area contributed by atoms with Crippen molar-refractivity contribution in [2.75, 3.05) is 6.61 Å². The van der Waals surface area contributed by atoms with E-state index < -0.39 is 24.4 Å². The van der Waals surface area contributed by atoms with E-state index in [-0.39, 0.29) is 0 Å². The normalized spacial score (nSPS) is 15.9. The van der Waals surface area contributed by atoms with Gasteiger partial charge in [-0.25, -0.2) is 4.79 Å². The third-order valence-corrected chi connectivity index (χ3v) is 2.49. The van der Waals surface area contributed by atoms with Crippen molar-refractivity contribution in [3.05, 3.63) is 35.9 Å². The van der Waals surface area contributed by atoms with Crippen LogP contribution in [0.15, 0.2) is 30.3 Å². The van der Waals surface area contributed by atoms with Gasteiger partial charge >= 0.3 is 5.97 Å². The molecule has 3 atom stereocenters. The Hall–Kier alpha value is -1.43. The number of carbonyl (C=O) groups is 1. The Kier molecular flexibility index (Phi) is 5.77. The lowest BCUT2D eigenvalue weighted by Gasteiger charge is -2.24. The predicted molar refractivity (Wildman–Crippen MR) is 67.0 cm³/mol. The van der Waals surface area contributed by atoms with Crippen molar-refractivity contribution in [3.8, 4) is 0 Å². The number of carboxylic acids is 1. The molecule has 0 aromatic heterocycles. The van der Waals surface area contributed by atoms with Gasteiger partial charge in [-0.3, -0.25) is 0 Å². The Balaban J connectivity index is 2.76. The molecule has 0 saturated heterocycles. The number of aliphatic carboxylic acids is 1. The molecule has 3 N–H and O–H groups in total. The number of rotatable bonds is 7. The second-order valence-electron chi connectivity index (χ2n) is 3.85. The average molecular weight is 253 g/mol. The zero-order valence-electron chi connectivity index (χ0n) is 10.6. The highest BCUT2D eigenvalue weighted by atomic mass is 16.7. The number of hydrogen-bond donors (Lipinski definition) is 2. The smallest absolute Gasteiger partial charge is 0.334 e. The van der Waals surface area contributed by atoms with Gasteiger partial charge in [-0.05, 0) is 19.4 Å². The van der Waals surface area contributed by atoms with Crippen LogP contribution in [0.5, 0.6) is 0 Å². The summed E-state index contributed by atoms with van der Waals surface area (Å²) in [5.41, 5.74) is 6.64. The van der Waals surface area contributed by atoms with E-state index in [1.165, 1.54) is 0 Å². The van der Waals surface area contributed by atoms with E-state index >= 15 is 0 Å². The summed E-state index contributed by atoms with van der Waals surface area (Å²) in [5.74, 6) is -1.10. The molecule has 1 aromatic carbocycles. The molecule has 0 spiro atoms. The van der Waals surface area contributed by atoms with E-state index in [1.807, 2.05) is 13.0 Å². The topological polar surface area (TPSA) is 81.8 Å². The first-order valence-electron chi connectivity index (χ1n) is 5.86. The van der Waals surface area contributed by atoms with Crippen LogP contribution in [0.4, 0.5) is 0 Å². The van der Waals surface area contributed by atoms with Gasteiger partial charge in [-0.15, -0.1) is 0 Å². The molecule has 1 aromatic rings. The first-order valence-corrected chi connectivity index (χ1v) is 5.86. The zero-order valence-corrected chi connectivity index (χ0v) is 10.6. The molecule has 100 valence electrons. The maximum absolute atomic E-state index is 11.2. The molecule has 0 aliphatic carbocycles. The van der Waals surface area contributed by atoms with Gasteiger partial charge in [0.05, 0.1) is 6.04 Å². The summed E-state index contributed by atoms with van der Waals surface area (Å²) >= 11 is 0. The molecule has 0 heterocycles. The molecule has 0 bridgehead atoms. The summed E-state index contributed by atoms with van der Waals surface area (Å²) in [6.45, 7) is 3.91. The predicted octanol–water partition coefficient (Wildman–Crippen LogP) is 1.54. The van der Waals surface area contributed by atoms with Crippen LogP contribution in [0.1, 0.15) is 25.5 Å². The third kappa shape index (κ3) is 4.10. The van der Waals surface area contributed by atoms with Gasteiger partial charge < -0.3 is 20.3 Å². The maximum Gasteiger partial charge on any atom is 0.334 e. The largest absolute Gasteiger partial charge is 0.479 e. The van der Waals surface area contributed by atoms with Crippen LogP contribution in [0.2, 0.25) is 0 Å². The lowest BCUT2D eigenvalue weighted by Crippen LogP contribution is -2.38. The Bertz CT molecular complexity index is 369. The fourth-order valence-corrected chi connectivity index (χ4v) is 1.63. The van der Waals surface area contributed by atoms with Crippen molar-refractivity contribution < 1.29 is 19.4 Å². The van der Waals surface area contributed by atoms with E-state index in [4.69, 9.17) is 20.3 Å². The number of hydrogen-bond acceptors (Lipinski definition) is 4. The SMILES string of the molecule is CCOC(C)OC(C(=O)O)[C@H](N)c1ccccc1. The van der Waals surface area contributed by atoms with Gasteiger partial charge in [0.15, 0.2) is 12.4 Å². The Labute approximate surface area is 107 Å². The van der Waals surface area contributed by atoms with Crippen LogP contribution in [-0.4, -0.2) is 30.1 Å². The molecule has 0 radical (unpaired) electrons. The van der Waals surface area contributed by atoms with Crippen LogP contribution in [-0.2, 0) is 14.3 Å². The molecular weight excluding hydrogens is 234 g/mol. The van der Waals surface area contributed by atoms with Gasteiger partial charge in [-0.2, -0.15) is 0 Å². The Morgan fingerprint density at radius 1 is 1.39 bits per heavy atom. The molecule has 0 aliphatic rings. The van der Waals surface area contributed by atoms with Crippen molar-refractivity contribution >= 4 is 5.97 Å². The second kappa shape index (κ2) is 7.10. The lowest BCUT2D eigenvalue weighted by molar-refractivity contribution is -0.186. The number of benzene rings is 1. The fourth-order valence-electron chi connectivity index (χ4n) is 1.63. The van der Waals surface area contributed by atoms with E-state index in [0.717, 1.165) is 0 Å². The molecule has 18 heavy (non-hydrogen) atoms. The lowest BCUT2D eigenvalue weighted by atomic mass is 10.0. The highest BCUT2D eigenvalue weighted by Crippen LogP contribution is 2.18. The highest BCUT2D eigenvalue weighted by Gasteiger charge is 2.29. The summed E-state index contributed by atoms with van der Waals surface area (Å²) in [6, 6.07) is 8.27. The van der Waals surface area contributed by atoms with Crippen LogP contribution in [0.3, 0.4) is 0 Å². The highest BCUT2D eigenvalue weighted by molar-refractivity contribution is 5.73. The summed E-state index contributed by atoms with van der Waals surface area (Å²) in [5, 5.41) is 9.16. The summed E-state index contributed by atoms with van der Waals surface area (Å²) in [7, 11) is 0. The van der Waals surface area contributed by atoms with Gasteiger partial charge in [0.25, 0.3) is 0 Å². The quantitative estimate of drug-likeness (QED) is 0.720. The minimum Gasteiger partial charge on any atom is -0.479 e. The van der Waals surface area contributed by atoms with Gasteiger partial charge in [-0.1, -0.05) is 30.3 Å². The minimum absolute atomic E-state index is 0.452. The number of ether oxygens (including phenoxy) is 2. The summed E-state index contributed by atoms with van der Waals surface area (Å²) in [4.78, 5) is 11.2. The fraction of sp³-hybridized carbons (Fsp3) is 0.462. The van der Waals surface area contributed by atoms with E-state index in [1.54, 1.807) is 31.2 Å². The van der Waals surface area contributed by atoms with Crippen LogP contribution in [0, 0.1) is 0 Å². The van der Waals surface area contributed by atoms with Crippen molar-refractivity contribution in [2.24, 2.45) is 5.73 Å². The monoisotopic (exact) mass is 253 g/mol. The van der Waals surface area contributed by atoms with Crippen molar-refractivity contribution in [2.45, 2.75) is 32.3 Å². The van der Waals surface area contributed by atoms with Crippen molar-refractivity contribution in [1.29, 1.82) is 0 Å². The molecule has 2 unspecified atom stereocenters.